The lowest BCUT2D eigenvalue weighted by atomic mass is 10.1. The Labute approximate surface area is 141 Å². The first-order valence-electron chi connectivity index (χ1n) is 8.21. The van der Waals surface area contributed by atoms with Gasteiger partial charge in [0, 0.05) is 30.8 Å². The van der Waals surface area contributed by atoms with Gasteiger partial charge in [-0.1, -0.05) is 6.42 Å². The van der Waals surface area contributed by atoms with E-state index in [1.165, 1.54) is 18.6 Å². The number of carbonyl (C=O) groups excluding carboxylic acids is 2. The van der Waals surface area contributed by atoms with E-state index in [1.807, 2.05) is 0 Å². The molecule has 1 fully saturated rings. The van der Waals surface area contributed by atoms with Crippen LogP contribution in [0.15, 0.2) is 12.1 Å². The Morgan fingerprint density at radius 2 is 1.79 bits per heavy atom. The Bertz CT molecular complexity index is 557. The smallest absolute Gasteiger partial charge is 0.334 e. The van der Waals surface area contributed by atoms with E-state index >= 15 is 0 Å². The van der Waals surface area contributed by atoms with E-state index in [9.17, 15) is 19.8 Å². The molecule has 2 rings (SSSR count). The minimum absolute atomic E-state index is 0.0616. The summed E-state index contributed by atoms with van der Waals surface area (Å²) >= 11 is 0. The monoisotopic (exact) mass is 344 g/mol. The van der Waals surface area contributed by atoms with Gasteiger partial charge in [-0.15, -0.1) is 4.73 Å². The molecule has 0 unspecified atom stereocenters. The van der Waals surface area contributed by atoms with Gasteiger partial charge >= 0.3 is 5.97 Å². The molecule has 0 aromatic carbocycles. The Hall–Kier alpha value is -2.22. The quantitative estimate of drug-likeness (QED) is 0.516. The summed E-state index contributed by atoms with van der Waals surface area (Å²) < 4.78 is 0.626. The molecule has 8 heteroatoms. The molecule has 24 heavy (non-hydrogen) atoms. The number of hydrogen-bond acceptors (Lipinski definition) is 6. The average Bonchev–Trinajstić information content (AvgIpc) is 2.83. The fraction of sp³-hybridized carbons (Fsp3) is 0.625. The highest BCUT2D eigenvalue weighted by Crippen LogP contribution is 2.21. The summed E-state index contributed by atoms with van der Waals surface area (Å²) in [4.78, 5) is 30.7. The second-order valence-electron chi connectivity index (χ2n) is 6.21. The first kappa shape index (κ1) is 18.1. The number of hydrogen-bond donors (Lipinski definition) is 3. The van der Waals surface area contributed by atoms with Gasteiger partial charge in [0.05, 0.1) is 13.0 Å². The van der Waals surface area contributed by atoms with Gasteiger partial charge < -0.3 is 20.4 Å². The van der Waals surface area contributed by atoms with Crippen LogP contribution in [-0.4, -0.2) is 56.9 Å². The molecule has 1 amide bonds. The van der Waals surface area contributed by atoms with E-state index in [2.05, 4.69) is 24.1 Å². The lowest BCUT2D eigenvalue weighted by Crippen LogP contribution is -2.48. The third kappa shape index (κ3) is 4.64. The number of amides is 1. The molecule has 2 heterocycles. The Kier molecular flexibility index (Phi) is 6.08. The molecule has 134 valence electrons. The largest absolute Gasteiger partial charge is 0.492 e. The molecule has 1 aromatic rings. The van der Waals surface area contributed by atoms with E-state index in [-0.39, 0.29) is 30.6 Å². The van der Waals surface area contributed by atoms with Gasteiger partial charge in [0.25, 0.3) is 0 Å². The third-order valence-corrected chi connectivity index (χ3v) is 4.34. The van der Waals surface area contributed by atoms with Crippen LogP contribution in [0.2, 0.25) is 0 Å². The van der Waals surface area contributed by atoms with E-state index in [0.717, 1.165) is 12.8 Å². The number of aromatic nitrogens is 1. The highest BCUT2D eigenvalue weighted by molar-refractivity contribution is 5.79. The predicted octanol–water partition coefficient (Wildman–Crippen LogP) is 0.624. The molecule has 1 aromatic heterocycles. The van der Waals surface area contributed by atoms with Crippen LogP contribution in [0, 0.1) is 0 Å². The number of aromatic hydroxyl groups is 2. The number of likely N-dealkylation sites (tertiary alicyclic amines) is 1. The molecule has 1 aliphatic rings. The van der Waals surface area contributed by atoms with Crippen molar-refractivity contribution in [2.24, 2.45) is 0 Å². The normalized spacial score (nSPS) is 21.4. The van der Waals surface area contributed by atoms with Crippen molar-refractivity contribution in [2.45, 2.75) is 51.6 Å². The number of carbonyl (C=O) groups is 2. The second kappa shape index (κ2) is 8.05. The topological polar surface area (TPSA) is 104 Å². The number of rotatable bonds is 6. The van der Waals surface area contributed by atoms with Crippen LogP contribution in [-0.2, 0) is 9.59 Å². The molecule has 1 aliphatic heterocycles. The summed E-state index contributed by atoms with van der Waals surface area (Å²) in [7, 11) is 0. The van der Waals surface area contributed by atoms with Gasteiger partial charge in [-0.2, -0.15) is 0 Å². The van der Waals surface area contributed by atoms with Crippen LogP contribution in [0.5, 0.6) is 11.8 Å². The van der Waals surface area contributed by atoms with Crippen molar-refractivity contribution in [3.8, 4) is 11.8 Å². The van der Waals surface area contributed by atoms with Gasteiger partial charge in [-0.3, -0.25) is 9.69 Å². The Morgan fingerprint density at radius 3 is 2.38 bits per heavy atom. The van der Waals surface area contributed by atoms with Crippen LogP contribution in [0.1, 0.15) is 39.5 Å². The number of nitrogens with zero attached hydrogens (tertiary/aromatic N) is 2. The molecular formula is C16H25N3O5. The van der Waals surface area contributed by atoms with Gasteiger partial charge in [0.1, 0.15) is 0 Å². The van der Waals surface area contributed by atoms with Crippen molar-refractivity contribution in [2.75, 3.05) is 13.1 Å². The van der Waals surface area contributed by atoms with Crippen molar-refractivity contribution in [1.29, 1.82) is 0 Å². The second-order valence-corrected chi connectivity index (χ2v) is 6.21. The maximum absolute atomic E-state index is 12.0. The average molecular weight is 344 g/mol. The molecule has 8 nitrogen and oxygen atoms in total. The first-order valence-corrected chi connectivity index (χ1v) is 8.21. The minimum Gasteiger partial charge on any atom is -0.492 e. The lowest BCUT2D eigenvalue weighted by Gasteiger charge is -2.38. The maximum atomic E-state index is 12.0. The summed E-state index contributed by atoms with van der Waals surface area (Å²) in [5.41, 5.74) is 0. The molecule has 3 N–H and O–H groups in total. The van der Waals surface area contributed by atoms with E-state index in [4.69, 9.17) is 4.84 Å². The molecule has 0 bridgehead atoms. The summed E-state index contributed by atoms with van der Waals surface area (Å²) in [6, 6.07) is 3.16. The zero-order valence-electron chi connectivity index (χ0n) is 14.1. The molecular weight excluding hydrogens is 319 g/mol. The van der Waals surface area contributed by atoms with Gasteiger partial charge in [0.2, 0.25) is 17.7 Å². The van der Waals surface area contributed by atoms with Crippen LogP contribution in [0.25, 0.3) is 0 Å². The zero-order valence-corrected chi connectivity index (χ0v) is 14.1. The van der Waals surface area contributed by atoms with E-state index < -0.39 is 5.97 Å². The summed E-state index contributed by atoms with van der Waals surface area (Å²) in [5, 5.41) is 21.4. The predicted molar refractivity (Wildman–Crippen MR) is 86.5 cm³/mol. The van der Waals surface area contributed by atoms with Gasteiger partial charge in [-0.05, 0) is 26.7 Å². The van der Waals surface area contributed by atoms with Crippen LogP contribution >= 0.6 is 0 Å². The van der Waals surface area contributed by atoms with Gasteiger partial charge in [-0.25, -0.2) is 4.79 Å². The van der Waals surface area contributed by atoms with Crippen LogP contribution in [0.3, 0.4) is 0 Å². The lowest BCUT2D eigenvalue weighted by molar-refractivity contribution is -0.145. The fourth-order valence-corrected chi connectivity index (χ4v) is 2.95. The zero-order chi connectivity index (χ0) is 17.7. The highest BCUT2D eigenvalue weighted by atomic mass is 16.7. The maximum Gasteiger partial charge on any atom is 0.334 e. The molecule has 0 radical (unpaired) electrons. The minimum atomic E-state index is -0.670. The van der Waals surface area contributed by atoms with Crippen molar-refractivity contribution >= 4 is 11.9 Å². The van der Waals surface area contributed by atoms with Crippen LogP contribution in [0.4, 0.5) is 0 Å². The van der Waals surface area contributed by atoms with Gasteiger partial charge in [0.15, 0.2) is 0 Å². The molecule has 0 spiro atoms. The van der Waals surface area contributed by atoms with Crippen molar-refractivity contribution in [3.05, 3.63) is 12.1 Å². The number of piperidine rings is 1. The van der Waals surface area contributed by atoms with Crippen molar-refractivity contribution in [1.82, 2.24) is 14.9 Å². The summed E-state index contributed by atoms with van der Waals surface area (Å²) in [5.74, 6) is -1.55. The standard InChI is InChI=1S/C16H25N3O5/c1-11-4-3-5-12(2)18(11)10-13(20)17-9-8-16(23)24-19-14(21)6-7-15(19)22/h6-7,11-12,21-22H,3-5,8-10H2,1-2H3,(H,17,20)/t11-,12+/i1+1,2+1,10+1,13+1,17+1. The molecule has 2 atom stereocenters. The van der Waals surface area contributed by atoms with E-state index in [1.54, 1.807) is 0 Å². The summed E-state index contributed by atoms with van der Waals surface area (Å²) in [6.45, 7) is 4.69. The van der Waals surface area contributed by atoms with Crippen molar-refractivity contribution < 1.29 is 24.6 Å². The molecule has 0 saturated carbocycles. The summed E-state index contributed by atoms with van der Waals surface area (Å²) in [6.07, 6.45) is 3.31. The third-order valence-electron chi connectivity index (χ3n) is 4.34. The van der Waals surface area contributed by atoms with E-state index in [0.29, 0.717) is 23.4 Å². The SMILES string of the molecule is [13CH3][C@@H]1CCC[C@H]([13CH3])N1[13CH2][13C](=O)[15NH]CCC(=O)On1c(O)ccc1O. The van der Waals surface area contributed by atoms with Crippen LogP contribution < -0.4 is 10.2 Å². The fourth-order valence-electron chi connectivity index (χ4n) is 2.95. The molecule has 0 aliphatic carbocycles. The van der Waals surface area contributed by atoms with Crippen molar-refractivity contribution in [3.63, 3.8) is 0 Å². The Balaban J connectivity index is 1.71. The highest BCUT2D eigenvalue weighted by Gasteiger charge is 2.26. The Morgan fingerprint density at radius 1 is 1.21 bits per heavy atom. The first-order chi connectivity index (χ1) is 11.4. The molecule has 1 saturated heterocycles. The number of nitrogens with one attached hydrogen (secondary N) is 1.